The van der Waals surface area contributed by atoms with Gasteiger partial charge in [0, 0.05) is 16.5 Å². The first-order chi connectivity index (χ1) is 6.29. The van der Waals surface area contributed by atoms with Gasteiger partial charge in [0.15, 0.2) is 6.29 Å². The molecule has 1 rings (SSSR count). The first kappa shape index (κ1) is 9.99. The average molecular weight is 241 g/mol. The summed E-state index contributed by atoms with van der Waals surface area (Å²) >= 11 is 3.22. The van der Waals surface area contributed by atoms with Crippen molar-refractivity contribution in [3.05, 3.63) is 35.4 Å². The van der Waals surface area contributed by atoms with Crippen LogP contribution in [0.2, 0.25) is 0 Å². The Morgan fingerprint density at radius 2 is 2.23 bits per heavy atom. The fourth-order valence-corrected chi connectivity index (χ4v) is 1.20. The molecule has 0 radical (unpaired) electrons. The molecule has 0 unspecified atom stereocenters. The zero-order valence-electron chi connectivity index (χ0n) is 6.90. The predicted octanol–water partition coefficient (Wildman–Crippen LogP) is 2.61. The number of alkyl halides is 1. The standard InChI is InChI=1S/C10H9BrO2/c11-6-2-4-9-8(7-12)3-1-5-10(9)13/h1-5,7,13H,6H2. The van der Waals surface area contributed by atoms with Gasteiger partial charge in [-0.15, -0.1) is 0 Å². The first-order valence-electron chi connectivity index (χ1n) is 3.79. The molecule has 0 bridgehead atoms. The Hall–Kier alpha value is -1.09. The second kappa shape index (κ2) is 4.82. The Morgan fingerprint density at radius 1 is 1.46 bits per heavy atom. The Labute approximate surface area is 85.0 Å². The van der Waals surface area contributed by atoms with Crippen molar-refractivity contribution in [1.29, 1.82) is 0 Å². The van der Waals surface area contributed by atoms with Gasteiger partial charge in [-0.2, -0.15) is 0 Å². The van der Waals surface area contributed by atoms with Crippen LogP contribution in [0.4, 0.5) is 0 Å². The summed E-state index contributed by atoms with van der Waals surface area (Å²) in [6, 6.07) is 4.87. The minimum atomic E-state index is 0.127. The number of hydrogen-bond donors (Lipinski definition) is 1. The predicted molar refractivity (Wildman–Crippen MR) is 56.3 cm³/mol. The lowest BCUT2D eigenvalue weighted by Gasteiger charge is -2.00. The number of carbonyl (C=O) groups excluding carboxylic acids is 1. The molecule has 1 aromatic rings. The third-order valence-corrected chi connectivity index (χ3v) is 1.99. The second-order valence-electron chi connectivity index (χ2n) is 2.45. The highest BCUT2D eigenvalue weighted by atomic mass is 79.9. The molecule has 68 valence electrons. The number of phenols is 1. The summed E-state index contributed by atoms with van der Waals surface area (Å²) in [6.45, 7) is 0. The lowest BCUT2D eigenvalue weighted by molar-refractivity contribution is 0.112. The molecule has 13 heavy (non-hydrogen) atoms. The Morgan fingerprint density at radius 3 is 2.85 bits per heavy atom. The van der Waals surface area contributed by atoms with Crippen molar-refractivity contribution in [1.82, 2.24) is 0 Å². The number of benzene rings is 1. The molecule has 0 amide bonds. The van der Waals surface area contributed by atoms with Gasteiger partial charge in [-0.25, -0.2) is 0 Å². The number of carbonyl (C=O) groups is 1. The normalized spacial score (nSPS) is 10.5. The van der Waals surface area contributed by atoms with Crippen molar-refractivity contribution in [3.63, 3.8) is 0 Å². The van der Waals surface area contributed by atoms with Crippen molar-refractivity contribution < 1.29 is 9.90 Å². The molecule has 1 N–H and O–H groups in total. The molecule has 3 heteroatoms. The number of phenolic OH excluding ortho intramolecular Hbond substituents is 1. The molecule has 0 aliphatic carbocycles. The summed E-state index contributed by atoms with van der Waals surface area (Å²) in [6.07, 6.45) is 4.27. The van der Waals surface area contributed by atoms with E-state index in [0.29, 0.717) is 16.5 Å². The molecule has 0 heterocycles. The van der Waals surface area contributed by atoms with Gasteiger partial charge in [-0.05, 0) is 6.07 Å². The van der Waals surface area contributed by atoms with E-state index in [9.17, 15) is 9.90 Å². The Kier molecular flexibility index (Phi) is 3.71. The fourth-order valence-electron chi connectivity index (χ4n) is 1.02. The molecule has 1 aromatic carbocycles. The lowest BCUT2D eigenvalue weighted by atomic mass is 10.1. The van der Waals surface area contributed by atoms with Gasteiger partial charge in [0.25, 0.3) is 0 Å². The minimum absolute atomic E-state index is 0.127. The number of aromatic hydroxyl groups is 1. The van der Waals surface area contributed by atoms with Crippen LogP contribution in [0.5, 0.6) is 5.75 Å². The van der Waals surface area contributed by atoms with Crippen molar-refractivity contribution >= 4 is 28.3 Å². The van der Waals surface area contributed by atoms with E-state index in [1.54, 1.807) is 24.3 Å². The van der Waals surface area contributed by atoms with Crippen LogP contribution in [0.25, 0.3) is 6.08 Å². The van der Waals surface area contributed by atoms with Crippen molar-refractivity contribution in [2.45, 2.75) is 0 Å². The number of aldehydes is 1. The van der Waals surface area contributed by atoms with E-state index in [0.717, 1.165) is 6.29 Å². The molecule has 0 atom stereocenters. The zero-order chi connectivity index (χ0) is 9.68. The maximum atomic E-state index is 10.6. The van der Waals surface area contributed by atoms with E-state index in [-0.39, 0.29) is 5.75 Å². The Bertz CT molecular complexity index is 332. The molecule has 0 fully saturated rings. The summed E-state index contributed by atoms with van der Waals surface area (Å²) in [5, 5.41) is 10.1. The first-order valence-corrected chi connectivity index (χ1v) is 4.91. The van der Waals surface area contributed by atoms with Crippen LogP contribution in [-0.2, 0) is 0 Å². The SMILES string of the molecule is O=Cc1cccc(O)c1C=CCBr. The number of halogens is 1. The van der Waals surface area contributed by atoms with Crippen LogP contribution in [0, 0.1) is 0 Å². The van der Waals surface area contributed by atoms with Gasteiger partial charge >= 0.3 is 0 Å². The van der Waals surface area contributed by atoms with E-state index in [1.807, 2.05) is 6.08 Å². The smallest absolute Gasteiger partial charge is 0.150 e. The highest BCUT2D eigenvalue weighted by Crippen LogP contribution is 2.21. The molecule has 0 spiro atoms. The van der Waals surface area contributed by atoms with Crippen molar-refractivity contribution in [3.8, 4) is 5.75 Å². The molecular weight excluding hydrogens is 232 g/mol. The molecule has 0 aliphatic heterocycles. The Balaban J connectivity index is 3.14. The largest absolute Gasteiger partial charge is 0.507 e. The molecular formula is C10H9BrO2. The van der Waals surface area contributed by atoms with Crippen LogP contribution in [0.15, 0.2) is 24.3 Å². The van der Waals surface area contributed by atoms with Crippen LogP contribution in [-0.4, -0.2) is 16.7 Å². The molecule has 2 nitrogen and oxygen atoms in total. The monoisotopic (exact) mass is 240 g/mol. The van der Waals surface area contributed by atoms with E-state index >= 15 is 0 Å². The zero-order valence-corrected chi connectivity index (χ0v) is 8.49. The van der Waals surface area contributed by atoms with Gasteiger partial charge in [0.05, 0.1) is 0 Å². The third kappa shape index (κ3) is 2.42. The van der Waals surface area contributed by atoms with Crippen LogP contribution in [0.1, 0.15) is 15.9 Å². The topological polar surface area (TPSA) is 37.3 Å². The van der Waals surface area contributed by atoms with Crippen LogP contribution >= 0.6 is 15.9 Å². The fraction of sp³-hybridized carbons (Fsp3) is 0.100. The van der Waals surface area contributed by atoms with Gasteiger partial charge in [0.2, 0.25) is 0 Å². The number of rotatable bonds is 3. The highest BCUT2D eigenvalue weighted by molar-refractivity contribution is 9.09. The third-order valence-electron chi connectivity index (χ3n) is 1.62. The van der Waals surface area contributed by atoms with E-state index in [4.69, 9.17) is 0 Å². The summed E-state index contributed by atoms with van der Waals surface area (Å²) in [4.78, 5) is 10.6. The molecule has 0 saturated heterocycles. The number of allylic oxidation sites excluding steroid dienone is 1. The van der Waals surface area contributed by atoms with Crippen molar-refractivity contribution in [2.75, 3.05) is 5.33 Å². The van der Waals surface area contributed by atoms with Gasteiger partial charge in [0.1, 0.15) is 5.75 Å². The molecule has 0 aliphatic rings. The number of hydrogen-bond acceptors (Lipinski definition) is 2. The van der Waals surface area contributed by atoms with Gasteiger partial charge < -0.3 is 5.11 Å². The highest BCUT2D eigenvalue weighted by Gasteiger charge is 2.02. The summed E-state index contributed by atoms with van der Waals surface area (Å²) in [7, 11) is 0. The van der Waals surface area contributed by atoms with E-state index < -0.39 is 0 Å². The lowest BCUT2D eigenvalue weighted by Crippen LogP contribution is -1.85. The second-order valence-corrected chi connectivity index (χ2v) is 3.10. The summed E-state index contributed by atoms with van der Waals surface area (Å²) in [5.74, 6) is 0.127. The minimum Gasteiger partial charge on any atom is -0.507 e. The van der Waals surface area contributed by atoms with Gasteiger partial charge in [-0.1, -0.05) is 40.2 Å². The summed E-state index contributed by atoms with van der Waals surface area (Å²) < 4.78 is 0. The quantitative estimate of drug-likeness (QED) is 0.652. The average Bonchev–Trinajstić information content (AvgIpc) is 2.15. The maximum Gasteiger partial charge on any atom is 0.150 e. The van der Waals surface area contributed by atoms with Crippen molar-refractivity contribution in [2.24, 2.45) is 0 Å². The van der Waals surface area contributed by atoms with E-state index in [1.165, 1.54) is 0 Å². The van der Waals surface area contributed by atoms with E-state index in [2.05, 4.69) is 15.9 Å². The van der Waals surface area contributed by atoms with Gasteiger partial charge in [-0.3, -0.25) is 4.79 Å². The maximum absolute atomic E-state index is 10.6. The van der Waals surface area contributed by atoms with Crippen LogP contribution < -0.4 is 0 Å². The molecule has 0 saturated carbocycles. The molecule has 0 aromatic heterocycles. The summed E-state index contributed by atoms with van der Waals surface area (Å²) in [5.41, 5.74) is 1.06. The van der Waals surface area contributed by atoms with Crippen LogP contribution in [0.3, 0.4) is 0 Å².